The van der Waals surface area contributed by atoms with E-state index in [9.17, 15) is 4.79 Å². The lowest BCUT2D eigenvalue weighted by atomic mass is 9.95. The first kappa shape index (κ1) is 17.9. The molecule has 1 saturated heterocycles. The SMILES string of the molecule is CCCc1nc(C(=O)NC2CCNCC2C)nn1-c1ccccc1Cl. The second-order valence-corrected chi connectivity index (χ2v) is 6.92. The highest BCUT2D eigenvalue weighted by Crippen LogP contribution is 2.21. The Kier molecular flexibility index (Phi) is 5.71. The number of hydrogen-bond donors (Lipinski definition) is 2. The standard InChI is InChI=1S/C18H24ClN5O/c1-3-6-16-22-17(18(25)21-14-9-10-20-11-12(14)2)23-24(16)15-8-5-4-7-13(15)19/h4-5,7-8,12,14,20H,3,6,9-11H2,1-2H3,(H,21,25). The molecular formula is C18H24ClN5O. The van der Waals surface area contributed by atoms with Crippen LogP contribution >= 0.6 is 11.6 Å². The highest BCUT2D eigenvalue weighted by molar-refractivity contribution is 6.32. The number of piperidine rings is 1. The topological polar surface area (TPSA) is 71.8 Å². The molecule has 3 rings (SSSR count). The maximum Gasteiger partial charge on any atom is 0.291 e. The molecule has 1 amide bonds. The van der Waals surface area contributed by atoms with Crippen molar-refractivity contribution in [1.29, 1.82) is 0 Å². The van der Waals surface area contributed by atoms with Crippen LogP contribution < -0.4 is 10.6 Å². The van der Waals surface area contributed by atoms with Gasteiger partial charge in [-0.15, -0.1) is 5.10 Å². The number of benzene rings is 1. The molecule has 134 valence electrons. The Labute approximate surface area is 153 Å². The molecule has 1 aromatic heterocycles. The van der Waals surface area contributed by atoms with E-state index in [1.165, 1.54) is 0 Å². The van der Waals surface area contributed by atoms with E-state index < -0.39 is 0 Å². The normalized spacial score (nSPS) is 20.4. The van der Waals surface area contributed by atoms with Crippen LogP contribution in [-0.2, 0) is 6.42 Å². The number of aromatic nitrogens is 3. The molecular weight excluding hydrogens is 338 g/mol. The Hall–Kier alpha value is -1.92. The van der Waals surface area contributed by atoms with Crippen molar-refractivity contribution in [3.8, 4) is 5.69 Å². The number of carbonyl (C=O) groups excluding carboxylic acids is 1. The second-order valence-electron chi connectivity index (χ2n) is 6.51. The van der Waals surface area contributed by atoms with Gasteiger partial charge in [0.25, 0.3) is 5.91 Å². The summed E-state index contributed by atoms with van der Waals surface area (Å²) in [6.07, 6.45) is 2.56. The fourth-order valence-corrected chi connectivity index (χ4v) is 3.32. The van der Waals surface area contributed by atoms with E-state index in [1.54, 1.807) is 4.68 Å². The first-order valence-electron chi connectivity index (χ1n) is 8.82. The fraction of sp³-hybridized carbons (Fsp3) is 0.500. The third-order valence-corrected chi connectivity index (χ3v) is 4.85. The molecule has 0 saturated carbocycles. The molecule has 2 atom stereocenters. The van der Waals surface area contributed by atoms with Crippen molar-refractivity contribution in [3.63, 3.8) is 0 Å². The summed E-state index contributed by atoms with van der Waals surface area (Å²) in [4.78, 5) is 17.1. The Morgan fingerprint density at radius 2 is 2.24 bits per heavy atom. The van der Waals surface area contributed by atoms with Crippen molar-refractivity contribution in [2.45, 2.75) is 39.2 Å². The number of halogens is 1. The summed E-state index contributed by atoms with van der Waals surface area (Å²) >= 11 is 6.30. The molecule has 6 nitrogen and oxygen atoms in total. The monoisotopic (exact) mass is 361 g/mol. The Morgan fingerprint density at radius 1 is 1.44 bits per heavy atom. The zero-order chi connectivity index (χ0) is 17.8. The largest absolute Gasteiger partial charge is 0.346 e. The number of rotatable bonds is 5. The van der Waals surface area contributed by atoms with Crippen molar-refractivity contribution < 1.29 is 4.79 Å². The highest BCUT2D eigenvalue weighted by atomic mass is 35.5. The smallest absolute Gasteiger partial charge is 0.291 e. The zero-order valence-corrected chi connectivity index (χ0v) is 15.4. The third-order valence-electron chi connectivity index (χ3n) is 4.53. The third kappa shape index (κ3) is 4.02. The molecule has 2 unspecified atom stereocenters. The first-order valence-corrected chi connectivity index (χ1v) is 9.20. The van der Waals surface area contributed by atoms with Crippen LogP contribution in [0.25, 0.3) is 5.69 Å². The van der Waals surface area contributed by atoms with Crippen LogP contribution in [0, 0.1) is 5.92 Å². The Bertz CT molecular complexity index is 745. The van der Waals surface area contributed by atoms with Gasteiger partial charge in [-0.3, -0.25) is 4.79 Å². The van der Waals surface area contributed by atoms with Gasteiger partial charge in [0.1, 0.15) is 5.82 Å². The lowest BCUT2D eigenvalue weighted by molar-refractivity contribution is 0.0903. The highest BCUT2D eigenvalue weighted by Gasteiger charge is 2.25. The molecule has 0 spiro atoms. The fourth-order valence-electron chi connectivity index (χ4n) is 3.10. The van der Waals surface area contributed by atoms with Gasteiger partial charge in [0.05, 0.1) is 10.7 Å². The van der Waals surface area contributed by atoms with Gasteiger partial charge in [0, 0.05) is 12.5 Å². The Morgan fingerprint density at radius 3 is 2.96 bits per heavy atom. The number of carbonyl (C=O) groups is 1. The van der Waals surface area contributed by atoms with E-state index in [4.69, 9.17) is 11.6 Å². The maximum absolute atomic E-state index is 12.6. The van der Waals surface area contributed by atoms with Crippen LogP contribution in [0.5, 0.6) is 0 Å². The molecule has 2 N–H and O–H groups in total. The molecule has 25 heavy (non-hydrogen) atoms. The summed E-state index contributed by atoms with van der Waals surface area (Å²) in [7, 11) is 0. The molecule has 2 heterocycles. The molecule has 1 fully saturated rings. The van der Waals surface area contributed by atoms with Crippen molar-refractivity contribution in [3.05, 3.63) is 40.9 Å². The number of hydrogen-bond acceptors (Lipinski definition) is 4. The van der Waals surface area contributed by atoms with Gasteiger partial charge in [-0.2, -0.15) is 0 Å². The van der Waals surface area contributed by atoms with Crippen molar-refractivity contribution >= 4 is 17.5 Å². The molecule has 2 aromatic rings. The lowest BCUT2D eigenvalue weighted by Gasteiger charge is -2.29. The van der Waals surface area contributed by atoms with Gasteiger partial charge in [-0.25, -0.2) is 9.67 Å². The minimum Gasteiger partial charge on any atom is -0.346 e. The van der Waals surface area contributed by atoms with Gasteiger partial charge in [-0.05, 0) is 44.0 Å². The van der Waals surface area contributed by atoms with Gasteiger partial charge in [0.2, 0.25) is 5.82 Å². The van der Waals surface area contributed by atoms with Crippen LogP contribution in [0.4, 0.5) is 0 Å². The average molecular weight is 362 g/mol. The minimum absolute atomic E-state index is 0.149. The molecule has 0 radical (unpaired) electrons. The summed E-state index contributed by atoms with van der Waals surface area (Å²) in [5, 5.41) is 11.4. The molecule has 1 aliphatic rings. The molecule has 1 aromatic carbocycles. The summed E-state index contributed by atoms with van der Waals surface area (Å²) in [6.45, 7) is 6.03. The molecule has 7 heteroatoms. The number of para-hydroxylation sites is 1. The van der Waals surface area contributed by atoms with Crippen LogP contribution in [0.3, 0.4) is 0 Å². The predicted octanol–water partition coefficient (Wildman–Crippen LogP) is 2.60. The van der Waals surface area contributed by atoms with Crippen molar-refractivity contribution in [1.82, 2.24) is 25.4 Å². The van der Waals surface area contributed by atoms with E-state index in [1.807, 2.05) is 24.3 Å². The first-order chi connectivity index (χ1) is 12.1. The van der Waals surface area contributed by atoms with Crippen LogP contribution in [-0.4, -0.2) is 39.8 Å². The second kappa shape index (κ2) is 7.97. The summed E-state index contributed by atoms with van der Waals surface area (Å²) in [6, 6.07) is 7.61. The van der Waals surface area contributed by atoms with Gasteiger partial charge in [0.15, 0.2) is 0 Å². The van der Waals surface area contributed by atoms with E-state index in [0.717, 1.165) is 43.9 Å². The van der Waals surface area contributed by atoms with E-state index >= 15 is 0 Å². The zero-order valence-electron chi connectivity index (χ0n) is 14.6. The van der Waals surface area contributed by atoms with Gasteiger partial charge in [-0.1, -0.05) is 37.6 Å². The van der Waals surface area contributed by atoms with Gasteiger partial charge >= 0.3 is 0 Å². The van der Waals surface area contributed by atoms with Crippen molar-refractivity contribution in [2.24, 2.45) is 5.92 Å². The van der Waals surface area contributed by atoms with Crippen LogP contribution in [0.15, 0.2) is 24.3 Å². The summed E-state index contributed by atoms with van der Waals surface area (Å²) in [5.41, 5.74) is 0.745. The van der Waals surface area contributed by atoms with E-state index in [-0.39, 0.29) is 17.8 Å². The molecule has 0 bridgehead atoms. The summed E-state index contributed by atoms with van der Waals surface area (Å²) < 4.78 is 1.69. The summed E-state index contributed by atoms with van der Waals surface area (Å²) in [5.74, 6) is 1.12. The quantitative estimate of drug-likeness (QED) is 0.858. The average Bonchev–Trinajstić information content (AvgIpc) is 3.02. The molecule has 0 aliphatic carbocycles. The minimum atomic E-state index is -0.220. The number of amides is 1. The molecule has 1 aliphatic heterocycles. The van der Waals surface area contributed by atoms with E-state index in [2.05, 4.69) is 34.6 Å². The maximum atomic E-state index is 12.6. The van der Waals surface area contributed by atoms with Gasteiger partial charge < -0.3 is 10.6 Å². The number of nitrogens with zero attached hydrogens (tertiary/aromatic N) is 3. The Balaban J connectivity index is 1.86. The van der Waals surface area contributed by atoms with Crippen LogP contribution in [0.1, 0.15) is 43.1 Å². The van der Waals surface area contributed by atoms with E-state index in [0.29, 0.717) is 10.9 Å². The number of nitrogens with one attached hydrogen (secondary N) is 2. The van der Waals surface area contributed by atoms with Crippen molar-refractivity contribution in [2.75, 3.05) is 13.1 Å². The lowest BCUT2D eigenvalue weighted by Crippen LogP contribution is -2.48. The number of aryl methyl sites for hydroxylation is 1. The van der Waals surface area contributed by atoms with Crippen LogP contribution in [0.2, 0.25) is 5.02 Å². The predicted molar refractivity (Wildman–Crippen MR) is 98.3 cm³/mol.